The molecule has 0 heterocycles. The zero-order valence-corrected chi connectivity index (χ0v) is 11.9. The van der Waals surface area contributed by atoms with Crippen molar-refractivity contribution in [3.8, 4) is 0 Å². The predicted molar refractivity (Wildman–Crippen MR) is 59.9 cm³/mol. The maximum absolute atomic E-state index is 11.9. The van der Waals surface area contributed by atoms with Gasteiger partial charge in [-0.05, 0) is 0 Å². The van der Waals surface area contributed by atoms with Crippen molar-refractivity contribution in [2.45, 2.75) is 6.92 Å². The topological polar surface area (TPSA) is 17.1 Å². The maximum atomic E-state index is 11.9. The van der Waals surface area contributed by atoms with Gasteiger partial charge in [0.2, 0.25) is 0 Å². The molecule has 2 heteroatoms. The third-order valence-electron chi connectivity index (χ3n) is 2.27. The van der Waals surface area contributed by atoms with Gasteiger partial charge in [0, 0.05) is 38.3 Å². The fourth-order valence-corrected chi connectivity index (χ4v) is 1.40. The van der Waals surface area contributed by atoms with Crippen molar-refractivity contribution >= 4 is 5.78 Å². The number of benzene rings is 2. The van der Waals surface area contributed by atoms with Crippen LogP contribution in [-0.2, 0) is 32.7 Å². The van der Waals surface area contributed by atoms with Gasteiger partial charge >= 0.3 is 0 Å². The Morgan fingerprint density at radius 3 is 2.25 bits per heavy atom. The summed E-state index contributed by atoms with van der Waals surface area (Å²) < 4.78 is 0. The second-order valence-electron chi connectivity index (χ2n) is 3.46. The van der Waals surface area contributed by atoms with Crippen LogP contribution in [0.15, 0.2) is 48.5 Å². The molecular weight excluding hydrogens is 273 g/mol. The van der Waals surface area contributed by atoms with E-state index in [4.69, 9.17) is 0 Å². The van der Waals surface area contributed by atoms with Crippen molar-refractivity contribution in [1.29, 1.82) is 0 Å². The average Bonchev–Trinajstić information content (AvgIpc) is 2.30. The minimum absolute atomic E-state index is 0. The third-order valence-corrected chi connectivity index (χ3v) is 2.27. The van der Waals surface area contributed by atoms with Crippen molar-refractivity contribution < 1.29 is 37.5 Å². The normalized spacial score (nSPS) is 9.31. The quantitative estimate of drug-likeness (QED) is 0.612. The number of hydrogen-bond donors (Lipinski definition) is 0. The summed E-state index contributed by atoms with van der Waals surface area (Å²) in [5, 5.41) is 0. The van der Waals surface area contributed by atoms with Crippen LogP contribution in [0.25, 0.3) is 0 Å². The molecule has 1 radical (unpaired) electrons. The van der Waals surface area contributed by atoms with E-state index in [1.807, 2.05) is 49.4 Å². The van der Waals surface area contributed by atoms with Crippen molar-refractivity contribution in [3.05, 3.63) is 71.3 Å². The van der Waals surface area contributed by atoms with Gasteiger partial charge in [-0.2, -0.15) is 29.8 Å². The van der Waals surface area contributed by atoms with Crippen LogP contribution in [0.3, 0.4) is 0 Å². The molecule has 0 aliphatic rings. The second-order valence-corrected chi connectivity index (χ2v) is 3.46. The molecule has 77 valence electrons. The molecule has 2 aromatic carbocycles. The first-order valence-electron chi connectivity index (χ1n) is 4.85. The minimum Gasteiger partial charge on any atom is -0.303 e. The number of rotatable bonds is 2. The number of aryl methyl sites for hydroxylation is 1. The molecule has 2 rings (SSSR count). The van der Waals surface area contributed by atoms with E-state index in [9.17, 15) is 4.79 Å². The van der Waals surface area contributed by atoms with Crippen molar-refractivity contribution in [1.82, 2.24) is 0 Å². The Balaban J connectivity index is 0.00000128. The van der Waals surface area contributed by atoms with Crippen LogP contribution in [-0.4, -0.2) is 5.78 Å². The molecule has 0 atom stereocenters. The van der Waals surface area contributed by atoms with E-state index in [0.29, 0.717) is 5.56 Å². The molecular formula is C14H11OY-. The van der Waals surface area contributed by atoms with Crippen LogP contribution in [0.4, 0.5) is 0 Å². The summed E-state index contributed by atoms with van der Waals surface area (Å²) in [4.78, 5) is 11.9. The first kappa shape index (κ1) is 13.3. The molecule has 0 bridgehead atoms. The summed E-state index contributed by atoms with van der Waals surface area (Å²) in [6.07, 6.45) is 0. The monoisotopic (exact) mass is 284 g/mol. The summed E-state index contributed by atoms with van der Waals surface area (Å²) in [5.74, 6) is 0.0480. The molecule has 1 nitrogen and oxygen atoms in total. The largest absolute Gasteiger partial charge is 0.303 e. The van der Waals surface area contributed by atoms with Crippen LogP contribution in [0.5, 0.6) is 0 Å². The first-order valence-corrected chi connectivity index (χ1v) is 4.85. The fourth-order valence-electron chi connectivity index (χ4n) is 1.40. The molecule has 0 unspecified atom stereocenters. The molecule has 0 aliphatic carbocycles. The average molecular weight is 284 g/mol. The van der Waals surface area contributed by atoms with Crippen LogP contribution < -0.4 is 0 Å². The van der Waals surface area contributed by atoms with Gasteiger partial charge in [0.05, 0.1) is 0 Å². The maximum Gasteiger partial charge on any atom is 0.138 e. The van der Waals surface area contributed by atoms with Gasteiger partial charge in [-0.1, -0.05) is 42.8 Å². The zero-order valence-electron chi connectivity index (χ0n) is 9.10. The molecule has 0 aromatic heterocycles. The molecule has 0 saturated carbocycles. The molecule has 16 heavy (non-hydrogen) atoms. The van der Waals surface area contributed by atoms with Gasteiger partial charge in [0.1, 0.15) is 5.78 Å². The standard InChI is InChI=1S/C14H11O.Y/c1-11-7-9-13(10-8-11)14(15)12-5-3-2-4-6-12;/h2-7,9-10H,1H3;/q-1;. The Morgan fingerprint density at radius 2 is 1.69 bits per heavy atom. The van der Waals surface area contributed by atoms with E-state index in [-0.39, 0.29) is 38.5 Å². The Labute approximate surface area is 121 Å². The zero-order chi connectivity index (χ0) is 10.7. The van der Waals surface area contributed by atoms with Gasteiger partial charge in [0.15, 0.2) is 0 Å². The van der Waals surface area contributed by atoms with E-state index in [2.05, 4.69) is 6.07 Å². The van der Waals surface area contributed by atoms with Crippen LogP contribution in [0.1, 0.15) is 21.5 Å². The van der Waals surface area contributed by atoms with Gasteiger partial charge in [0.25, 0.3) is 0 Å². The summed E-state index contributed by atoms with van der Waals surface area (Å²) >= 11 is 0. The Kier molecular flexibility index (Phi) is 5.04. The smallest absolute Gasteiger partial charge is 0.138 e. The van der Waals surface area contributed by atoms with Crippen molar-refractivity contribution in [2.24, 2.45) is 0 Å². The van der Waals surface area contributed by atoms with Crippen LogP contribution >= 0.6 is 0 Å². The second kappa shape index (κ2) is 6.07. The SMILES string of the molecule is Cc1[c-]cc(C(=O)c2ccccc2)cc1.[Y]. The summed E-state index contributed by atoms with van der Waals surface area (Å²) in [7, 11) is 0. The predicted octanol–water partition coefficient (Wildman–Crippen LogP) is 3.02. The number of ketones is 1. The molecule has 0 amide bonds. The van der Waals surface area contributed by atoms with Crippen molar-refractivity contribution in [2.75, 3.05) is 0 Å². The van der Waals surface area contributed by atoms with E-state index in [0.717, 1.165) is 11.1 Å². The van der Waals surface area contributed by atoms with Gasteiger partial charge in [-0.15, -0.1) is 0 Å². The Hall–Kier alpha value is -0.786. The molecule has 0 saturated heterocycles. The minimum atomic E-state index is 0. The Bertz CT molecular complexity index is 460. The molecule has 0 spiro atoms. The third kappa shape index (κ3) is 3.10. The molecule has 0 N–H and O–H groups in total. The first-order chi connectivity index (χ1) is 7.27. The van der Waals surface area contributed by atoms with E-state index < -0.39 is 0 Å². The van der Waals surface area contributed by atoms with Crippen LogP contribution in [0.2, 0.25) is 0 Å². The summed E-state index contributed by atoms with van der Waals surface area (Å²) in [6, 6.07) is 17.8. The van der Waals surface area contributed by atoms with Crippen molar-refractivity contribution in [3.63, 3.8) is 0 Å². The number of hydrogen-bond acceptors (Lipinski definition) is 1. The molecule has 0 fully saturated rings. The molecule has 2 aromatic rings. The summed E-state index contributed by atoms with van der Waals surface area (Å²) in [6.45, 7) is 1.96. The van der Waals surface area contributed by atoms with Gasteiger partial charge < -0.3 is 4.79 Å². The van der Waals surface area contributed by atoms with E-state index >= 15 is 0 Å². The van der Waals surface area contributed by atoms with E-state index in [1.165, 1.54) is 0 Å². The van der Waals surface area contributed by atoms with Gasteiger partial charge in [-0.3, -0.25) is 0 Å². The molecule has 0 aliphatic heterocycles. The van der Waals surface area contributed by atoms with E-state index in [1.54, 1.807) is 6.07 Å². The number of carbonyl (C=O) groups excluding carboxylic acids is 1. The Morgan fingerprint density at radius 1 is 1.00 bits per heavy atom. The summed E-state index contributed by atoms with van der Waals surface area (Å²) in [5.41, 5.74) is 2.45. The number of carbonyl (C=O) groups is 1. The van der Waals surface area contributed by atoms with Crippen LogP contribution in [0, 0.1) is 13.0 Å². The fraction of sp³-hybridized carbons (Fsp3) is 0.0714. The van der Waals surface area contributed by atoms with Gasteiger partial charge in [-0.25, -0.2) is 0 Å².